The van der Waals surface area contributed by atoms with E-state index >= 15 is 0 Å². The fraction of sp³-hybridized carbons (Fsp3) is 0.267. The summed E-state index contributed by atoms with van der Waals surface area (Å²) in [7, 11) is 3.31. The predicted octanol–water partition coefficient (Wildman–Crippen LogP) is 3.49. The maximum atomic E-state index is 13.6. The number of benzene rings is 3. The number of para-hydroxylation sites is 2. The third-order valence-corrected chi connectivity index (χ3v) is 7.46. The number of fused-ring (bicyclic) bond motifs is 1. The zero-order chi connectivity index (χ0) is 27.5. The van der Waals surface area contributed by atoms with E-state index in [-0.39, 0.29) is 5.56 Å². The predicted molar refractivity (Wildman–Crippen MR) is 153 cm³/mol. The molecule has 1 fully saturated rings. The van der Waals surface area contributed by atoms with Crippen molar-refractivity contribution in [3.8, 4) is 11.5 Å². The van der Waals surface area contributed by atoms with E-state index in [1.54, 1.807) is 18.9 Å². The molecule has 1 N–H and O–H groups in total. The number of H-pyrrole nitrogens is 1. The van der Waals surface area contributed by atoms with Crippen molar-refractivity contribution >= 4 is 16.6 Å². The minimum Gasteiger partial charge on any atom is -0.497 e. The van der Waals surface area contributed by atoms with Gasteiger partial charge in [-0.15, -0.1) is 5.10 Å². The van der Waals surface area contributed by atoms with Gasteiger partial charge in [-0.3, -0.25) is 9.69 Å². The number of nitrogens with zero attached hydrogens (tertiary/aromatic N) is 6. The summed E-state index contributed by atoms with van der Waals surface area (Å²) in [5, 5.41) is 13.7. The lowest BCUT2D eigenvalue weighted by Gasteiger charge is -2.40. The van der Waals surface area contributed by atoms with Crippen molar-refractivity contribution in [1.82, 2.24) is 30.1 Å². The Hall–Kier alpha value is -4.70. The molecule has 204 valence electrons. The second-order valence-electron chi connectivity index (χ2n) is 9.78. The van der Waals surface area contributed by atoms with Gasteiger partial charge in [0.1, 0.15) is 17.5 Å². The van der Waals surface area contributed by atoms with Crippen molar-refractivity contribution in [1.29, 1.82) is 0 Å². The lowest BCUT2D eigenvalue weighted by atomic mass is 10.0. The third kappa shape index (κ3) is 5.01. The molecular formula is C30H31N7O3. The molecule has 6 rings (SSSR count). The monoisotopic (exact) mass is 537 g/mol. The molecule has 0 unspecified atom stereocenters. The minimum absolute atomic E-state index is 0.174. The molecule has 0 amide bonds. The van der Waals surface area contributed by atoms with Crippen molar-refractivity contribution in [2.24, 2.45) is 0 Å². The maximum absolute atomic E-state index is 13.6. The number of rotatable bonds is 8. The molecule has 2 aromatic heterocycles. The molecule has 1 saturated heterocycles. The summed E-state index contributed by atoms with van der Waals surface area (Å²) in [5.41, 5.74) is 3.29. The van der Waals surface area contributed by atoms with Crippen molar-refractivity contribution in [2.75, 3.05) is 45.3 Å². The highest BCUT2D eigenvalue weighted by Crippen LogP contribution is 2.32. The van der Waals surface area contributed by atoms with Gasteiger partial charge >= 0.3 is 0 Å². The van der Waals surface area contributed by atoms with Gasteiger partial charge < -0.3 is 19.4 Å². The molecule has 3 aromatic carbocycles. The number of hydrogen-bond donors (Lipinski definition) is 1. The highest BCUT2D eigenvalue weighted by molar-refractivity contribution is 5.80. The van der Waals surface area contributed by atoms with Crippen molar-refractivity contribution in [3.63, 3.8) is 0 Å². The molecule has 0 radical (unpaired) electrons. The molecule has 40 heavy (non-hydrogen) atoms. The fourth-order valence-corrected chi connectivity index (χ4v) is 5.41. The van der Waals surface area contributed by atoms with E-state index < -0.39 is 6.04 Å². The van der Waals surface area contributed by atoms with Crippen LogP contribution in [0.15, 0.2) is 83.7 Å². The number of pyridine rings is 1. The van der Waals surface area contributed by atoms with E-state index in [1.807, 2.05) is 72.8 Å². The van der Waals surface area contributed by atoms with Crippen LogP contribution in [0, 0.1) is 0 Å². The maximum Gasteiger partial charge on any atom is 0.253 e. The summed E-state index contributed by atoms with van der Waals surface area (Å²) in [4.78, 5) is 21.3. The number of hydrogen-bond acceptors (Lipinski definition) is 8. The first-order chi connectivity index (χ1) is 19.6. The molecule has 0 aliphatic carbocycles. The molecule has 1 aliphatic rings. The van der Waals surface area contributed by atoms with Crippen LogP contribution in [0.4, 0.5) is 5.69 Å². The third-order valence-electron chi connectivity index (χ3n) is 7.46. The van der Waals surface area contributed by atoms with Crippen molar-refractivity contribution < 1.29 is 9.47 Å². The number of tetrazole rings is 1. The second kappa shape index (κ2) is 11.2. The first-order valence-electron chi connectivity index (χ1n) is 13.3. The summed E-state index contributed by atoms with van der Waals surface area (Å²) in [6.07, 6.45) is 0. The molecule has 1 aliphatic heterocycles. The lowest BCUT2D eigenvalue weighted by molar-refractivity contribution is 0.200. The van der Waals surface area contributed by atoms with Crippen molar-refractivity contribution in [2.45, 2.75) is 12.6 Å². The Kier molecular flexibility index (Phi) is 7.15. The minimum atomic E-state index is -0.436. The quantitative estimate of drug-likeness (QED) is 0.321. The van der Waals surface area contributed by atoms with Gasteiger partial charge in [0.05, 0.1) is 32.0 Å². The Morgan fingerprint density at radius 3 is 2.45 bits per heavy atom. The molecule has 0 spiro atoms. The zero-order valence-corrected chi connectivity index (χ0v) is 22.5. The highest BCUT2D eigenvalue weighted by Gasteiger charge is 2.33. The Balaban J connectivity index is 1.38. The second-order valence-corrected chi connectivity index (χ2v) is 9.78. The molecule has 0 bridgehead atoms. The number of piperazine rings is 1. The molecule has 10 nitrogen and oxygen atoms in total. The van der Waals surface area contributed by atoms with E-state index in [1.165, 1.54) is 0 Å². The topological polar surface area (TPSA) is 101 Å². The normalized spacial score (nSPS) is 14.8. The van der Waals surface area contributed by atoms with Gasteiger partial charge in [-0.25, -0.2) is 4.68 Å². The van der Waals surface area contributed by atoms with Gasteiger partial charge in [0.2, 0.25) is 0 Å². The number of nitrogens with one attached hydrogen (secondary N) is 1. The van der Waals surface area contributed by atoms with Gasteiger partial charge in [0.15, 0.2) is 5.82 Å². The first kappa shape index (κ1) is 25.6. The molecule has 1 atom stereocenters. The first-order valence-corrected chi connectivity index (χ1v) is 13.3. The summed E-state index contributed by atoms with van der Waals surface area (Å²) in [6.45, 7) is 3.45. The molecular weight excluding hydrogens is 506 g/mol. The van der Waals surface area contributed by atoms with Crippen LogP contribution in [0.3, 0.4) is 0 Å². The van der Waals surface area contributed by atoms with E-state index in [2.05, 4.69) is 36.4 Å². The smallest absolute Gasteiger partial charge is 0.253 e. The summed E-state index contributed by atoms with van der Waals surface area (Å²) < 4.78 is 12.8. The average molecular weight is 538 g/mol. The van der Waals surface area contributed by atoms with E-state index in [4.69, 9.17) is 9.47 Å². The van der Waals surface area contributed by atoms with Crippen LogP contribution in [0.2, 0.25) is 0 Å². The Morgan fingerprint density at radius 2 is 1.68 bits per heavy atom. The number of methoxy groups -OCH3 is 2. The van der Waals surface area contributed by atoms with Crippen LogP contribution in [-0.2, 0) is 6.54 Å². The van der Waals surface area contributed by atoms with Crippen LogP contribution >= 0.6 is 0 Å². The fourth-order valence-electron chi connectivity index (χ4n) is 5.41. The van der Waals surface area contributed by atoms with Gasteiger partial charge in [-0.05, 0) is 51.7 Å². The van der Waals surface area contributed by atoms with Gasteiger partial charge in [0, 0.05) is 37.8 Å². The van der Waals surface area contributed by atoms with Crippen LogP contribution < -0.4 is 19.9 Å². The Morgan fingerprint density at radius 1 is 0.900 bits per heavy atom. The highest BCUT2D eigenvalue weighted by atomic mass is 16.5. The van der Waals surface area contributed by atoms with Crippen LogP contribution in [0.25, 0.3) is 10.9 Å². The number of ether oxygens (including phenoxy) is 2. The largest absolute Gasteiger partial charge is 0.497 e. The summed E-state index contributed by atoms with van der Waals surface area (Å²) in [6, 6.07) is 25.3. The summed E-state index contributed by atoms with van der Waals surface area (Å²) >= 11 is 0. The number of anilines is 1. The van der Waals surface area contributed by atoms with Crippen molar-refractivity contribution in [3.05, 3.63) is 106 Å². The molecule has 3 heterocycles. The lowest BCUT2D eigenvalue weighted by Crippen LogP contribution is -2.49. The van der Waals surface area contributed by atoms with Crippen LogP contribution in [0.1, 0.15) is 23.0 Å². The Labute approximate surface area is 231 Å². The van der Waals surface area contributed by atoms with Crippen LogP contribution in [-0.4, -0.2) is 70.5 Å². The van der Waals surface area contributed by atoms with E-state index in [9.17, 15) is 4.79 Å². The molecule has 0 saturated carbocycles. The average Bonchev–Trinajstić information content (AvgIpc) is 3.45. The van der Waals surface area contributed by atoms with Gasteiger partial charge in [0.25, 0.3) is 5.56 Å². The van der Waals surface area contributed by atoms with Crippen LogP contribution in [0.5, 0.6) is 11.5 Å². The SMILES string of the molecule is COc1ccc2cc([C@H](c3nnnn3Cc3ccccc3)N3CCN(c4ccccc4OC)CC3)c(=O)[nH]c2c1. The number of aromatic nitrogens is 5. The van der Waals surface area contributed by atoms with E-state index in [0.717, 1.165) is 41.0 Å². The molecule has 10 heteroatoms. The summed E-state index contributed by atoms with van der Waals surface area (Å²) in [5.74, 6) is 2.17. The Bertz CT molecular complexity index is 1660. The van der Waals surface area contributed by atoms with Gasteiger partial charge in [-0.2, -0.15) is 0 Å². The zero-order valence-electron chi connectivity index (χ0n) is 22.5. The van der Waals surface area contributed by atoms with E-state index in [0.29, 0.717) is 36.8 Å². The number of aromatic amines is 1. The van der Waals surface area contributed by atoms with Gasteiger partial charge in [-0.1, -0.05) is 42.5 Å². The standard InChI is InChI=1S/C30H31N7O3/c1-39-23-13-12-22-18-24(30(38)31-25(22)19-23)28(29-32-33-34-37(29)20-21-8-4-3-5-9-21)36-16-14-35(15-17-36)26-10-6-7-11-27(26)40-2/h3-13,18-19,28H,14-17,20H2,1-2H3,(H,31,38)/t28-/m1/s1. The molecule has 5 aromatic rings.